The molecular formula is C21H21FN4O6S. The van der Waals surface area contributed by atoms with Crippen molar-refractivity contribution in [1.29, 1.82) is 0 Å². The van der Waals surface area contributed by atoms with Gasteiger partial charge in [0, 0.05) is 38.3 Å². The number of halogens is 1. The Bertz CT molecular complexity index is 1280. The van der Waals surface area contributed by atoms with Crippen LogP contribution in [0.2, 0.25) is 0 Å². The minimum absolute atomic E-state index is 0.0838. The van der Waals surface area contributed by atoms with Crippen molar-refractivity contribution in [2.24, 2.45) is 0 Å². The van der Waals surface area contributed by atoms with Crippen LogP contribution in [0.25, 0.3) is 11.3 Å². The summed E-state index contributed by atoms with van der Waals surface area (Å²) < 4.78 is 42.5. The van der Waals surface area contributed by atoms with Crippen LogP contribution in [0.1, 0.15) is 12.3 Å². The van der Waals surface area contributed by atoms with E-state index in [-0.39, 0.29) is 59.4 Å². The van der Waals surface area contributed by atoms with Gasteiger partial charge in [-0.25, -0.2) is 17.8 Å². The van der Waals surface area contributed by atoms with Crippen molar-refractivity contribution in [2.75, 3.05) is 24.7 Å². The molecule has 0 atom stereocenters. The van der Waals surface area contributed by atoms with Gasteiger partial charge in [-0.2, -0.15) is 0 Å². The fourth-order valence-electron chi connectivity index (χ4n) is 2.96. The van der Waals surface area contributed by atoms with Gasteiger partial charge in [0.25, 0.3) is 5.69 Å². The number of carbonyl (C=O) groups is 1. The summed E-state index contributed by atoms with van der Waals surface area (Å²) in [4.78, 5) is 26.5. The number of amides is 1. The maximum absolute atomic E-state index is 13.8. The predicted octanol–water partition coefficient (Wildman–Crippen LogP) is 2.95. The number of hydrogen-bond acceptors (Lipinski definition) is 8. The van der Waals surface area contributed by atoms with Gasteiger partial charge in [0.2, 0.25) is 5.91 Å². The largest absolute Gasteiger partial charge is 0.441 e. The Morgan fingerprint density at radius 3 is 2.67 bits per heavy atom. The number of carbonyl (C=O) groups excluding carboxylic acids is 1. The molecule has 10 nitrogen and oxygen atoms in total. The maximum atomic E-state index is 13.8. The van der Waals surface area contributed by atoms with Crippen molar-refractivity contribution in [3.05, 3.63) is 70.5 Å². The second-order valence-electron chi connectivity index (χ2n) is 7.08. The Morgan fingerprint density at radius 2 is 1.97 bits per heavy atom. The van der Waals surface area contributed by atoms with E-state index in [9.17, 15) is 27.7 Å². The number of rotatable bonds is 10. The minimum atomic E-state index is -3.58. The van der Waals surface area contributed by atoms with Gasteiger partial charge < -0.3 is 15.1 Å². The van der Waals surface area contributed by atoms with E-state index in [2.05, 4.69) is 15.6 Å². The summed E-state index contributed by atoms with van der Waals surface area (Å²) >= 11 is 0. The third kappa shape index (κ3) is 6.35. The number of nitro groups is 1. The van der Waals surface area contributed by atoms with E-state index in [4.69, 9.17) is 4.42 Å². The smallest absolute Gasteiger partial charge is 0.293 e. The lowest BCUT2D eigenvalue weighted by atomic mass is 10.2. The standard InChI is InChI=1S/C21H21FN4O6S/c1-33(30,31)14-6-7-17(18(12-14)26(28)29)23-10-11-24-20(27)8-9-21-25-13-19(32-21)15-4-2-3-5-16(15)22/h2-7,12-13,23H,8-11H2,1H3,(H,24,27). The summed E-state index contributed by atoms with van der Waals surface area (Å²) in [5.74, 6) is -0.152. The summed E-state index contributed by atoms with van der Waals surface area (Å²) in [5.41, 5.74) is 0.0475. The van der Waals surface area contributed by atoms with E-state index < -0.39 is 20.6 Å². The Labute approximate surface area is 188 Å². The topological polar surface area (TPSA) is 144 Å². The molecule has 0 saturated heterocycles. The lowest BCUT2D eigenvalue weighted by molar-refractivity contribution is -0.384. The van der Waals surface area contributed by atoms with E-state index in [1.807, 2.05) is 0 Å². The molecule has 0 aliphatic carbocycles. The zero-order valence-corrected chi connectivity index (χ0v) is 18.4. The monoisotopic (exact) mass is 476 g/mol. The molecule has 0 unspecified atom stereocenters. The van der Waals surface area contributed by atoms with Crippen LogP contribution in [0.3, 0.4) is 0 Å². The first-order valence-electron chi connectivity index (χ1n) is 9.84. The molecule has 1 amide bonds. The van der Waals surface area contributed by atoms with Crippen LogP contribution in [0, 0.1) is 15.9 Å². The zero-order chi connectivity index (χ0) is 24.0. The Morgan fingerprint density at radius 1 is 1.21 bits per heavy atom. The molecule has 3 rings (SSSR count). The van der Waals surface area contributed by atoms with E-state index in [0.29, 0.717) is 5.89 Å². The average molecular weight is 476 g/mol. The first-order chi connectivity index (χ1) is 15.6. The van der Waals surface area contributed by atoms with Gasteiger partial charge in [-0.15, -0.1) is 0 Å². The average Bonchev–Trinajstić information content (AvgIpc) is 3.23. The van der Waals surface area contributed by atoms with Crippen LogP contribution in [0.4, 0.5) is 15.8 Å². The number of nitrogens with one attached hydrogen (secondary N) is 2. The van der Waals surface area contributed by atoms with Crippen molar-refractivity contribution >= 4 is 27.1 Å². The van der Waals surface area contributed by atoms with Gasteiger partial charge in [-0.3, -0.25) is 14.9 Å². The molecular weight excluding hydrogens is 455 g/mol. The van der Waals surface area contributed by atoms with Gasteiger partial charge in [-0.1, -0.05) is 12.1 Å². The summed E-state index contributed by atoms with van der Waals surface area (Å²) in [6.45, 7) is 0.358. The zero-order valence-electron chi connectivity index (χ0n) is 17.6. The van der Waals surface area contributed by atoms with Gasteiger partial charge in [0.15, 0.2) is 21.5 Å². The molecule has 3 aromatic rings. The van der Waals surface area contributed by atoms with Crippen molar-refractivity contribution < 1.29 is 26.9 Å². The number of anilines is 1. The highest BCUT2D eigenvalue weighted by molar-refractivity contribution is 7.90. The Kier molecular flexibility index (Phi) is 7.38. The van der Waals surface area contributed by atoms with Gasteiger partial charge in [0.1, 0.15) is 11.5 Å². The second-order valence-corrected chi connectivity index (χ2v) is 9.10. The fourth-order valence-corrected chi connectivity index (χ4v) is 3.60. The van der Waals surface area contributed by atoms with E-state index >= 15 is 0 Å². The van der Waals surface area contributed by atoms with Crippen molar-refractivity contribution in [3.63, 3.8) is 0 Å². The van der Waals surface area contributed by atoms with E-state index in [1.54, 1.807) is 18.2 Å². The second kappa shape index (κ2) is 10.2. The SMILES string of the molecule is CS(=O)(=O)c1ccc(NCCNC(=O)CCc2ncc(-c3ccccc3F)o2)c([N+](=O)[O-])c1. The molecule has 2 N–H and O–H groups in total. The summed E-state index contributed by atoms with van der Waals surface area (Å²) in [6.07, 6.45) is 2.66. The van der Waals surface area contributed by atoms with Crippen LogP contribution in [-0.2, 0) is 21.1 Å². The first-order valence-corrected chi connectivity index (χ1v) is 11.7. The highest BCUT2D eigenvalue weighted by Crippen LogP contribution is 2.27. The third-order valence-electron chi connectivity index (χ3n) is 4.62. The highest BCUT2D eigenvalue weighted by Gasteiger charge is 2.18. The molecule has 0 saturated carbocycles. The van der Waals surface area contributed by atoms with Crippen molar-refractivity contribution in [1.82, 2.24) is 10.3 Å². The van der Waals surface area contributed by atoms with Crippen molar-refractivity contribution in [2.45, 2.75) is 17.7 Å². The summed E-state index contributed by atoms with van der Waals surface area (Å²) in [6, 6.07) is 9.70. The molecule has 33 heavy (non-hydrogen) atoms. The lowest BCUT2D eigenvalue weighted by Gasteiger charge is -2.09. The maximum Gasteiger partial charge on any atom is 0.293 e. The fraction of sp³-hybridized carbons (Fsp3) is 0.238. The lowest BCUT2D eigenvalue weighted by Crippen LogP contribution is -2.29. The molecule has 174 valence electrons. The number of aryl methyl sites for hydroxylation is 1. The molecule has 0 bridgehead atoms. The highest BCUT2D eigenvalue weighted by atomic mass is 32.2. The van der Waals surface area contributed by atoms with Crippen LogP contribution < -0.4 is 10.6 Å². The molecule has 1 aromatic heterocycles. The van der Waals surface area contributed by atoms with Crippen LogP contribution in [0.15, 0.2) is 58.0 Å². The molecule has 2 aromatic carbocycles. The molecule has 0 spiro atoms. The quantitative estimate of drug-likeness (QED) is 0.258. The van der Waals surface area contributed by atoms with Gasteiger partial charge in [0.05, 0.1) is 21.6 Å². The van der Waals surface area contributed by atoms with Crippen molar-refractivity contribution in [3.8, 4) is 11.3 Å². The number of aromatic nitrogens is 1. The van der Waals surface area contributed by atoms with Crippen LogP contribution in [-0.4, -0.2) is 43.6 Å². The van der Waals surface area contributed by atoms with Gasteiger partial charge >= 0.3 is 0 Å². The molecule has 0 aliphatic heterocycles. The summed E-state index contributed by atoms with van der Waals surface area (Å²) in [5, 5.41) is 16.7. The predicted molar refractivity (Wildman–Crippen MR) is 118 cm³/mol. The Hall–Kier alpha value is -3.80. The minimum Gasteiger partial charge on any atom is -0.441 e. The first kappa shape index (κ1) is 23.9. The molecule has 0 fully saturated rings. The third-order valence-corrected chi connectivity index (χ3v) is 5.73. The number of hydrogen-bond donors (Lipinski definition) is 2. The van der Waals surface area contributed by atoms with E-state index in [0.717, 1.165) is 12.3 Å². The number of nitrogens with zero attached hydrogens (tertiary/aromatic N) is 2. The van der Waals surface area contributed by atoms with Gasteiger partial charge in [-0.05, 0) is 24.3 Å². The number of benzene rings is 2. The normalized spacial score (nSPS) is 11.2. The van der Waals surface area contributed by atoms with Crippen LogP contribution in [0.5, 0.6) is 0 Å². The summed E-state index contributed by atoms with van der Waals surface area (Å²) in [7, 11) is -3.58. The Balaban J connectivity index is 1.47. The van der Waals surface area contributed by atoms with Crippen LogP contribution >= 0.6 is 0 Å². The number of nitro benzene ring substituents is 1. The number of sulfone groups is 1. The molecule has 0 radical (unpaired) electrons. The molecule has 1 heterocycles. The molecule has 12 heteroatoms. The van der Waals surface area contributed by atoms with E-state index in [1.165, 1.54) is 24.4 Å². The number of oxazole rings is 1. The molecule has 0 aliphatic rings.